The molecule has 0 amide bonds. The van der Waals surface area contributed by atoms with E-state index in [-0.39, 0.29) is 23.6 Å². The van der Waals surface area contributed by atoms with Crippen molar-refractivity contribution in [1.29, 1.82) is 0 Å². The summed E-state index contributed by atoms with van der Waals surface area (Å²) >= 11 is 0. The van der Waals surface area contributed by atoms with Crippen molar-refractivity contribution in [2.24, 2.45) is 0 Å². The molecule has 0 bridgehead atoms. The van der Waals surface area contributed by atoms with Crippen molar-refractivity contribution in [3.8, 4) is 11.5 Å². The lowest BCUT2D eigenvalue weighted by Crippen LogP contribution is -2.27. The number of halogens is 2. The maximum atomic E-state index is 12.9. The molecule has 0 aliphatic heterocycles. The lowest BCUT2D eigenvalue weighted by atomic mass is 10.2. The van der Waals surface area contributed by atoms with Gasteiger partial charge in [0.05, 0.1) is 12.0 Å². The third-order valence-electron chi connectivity index (χ3n) is 3.91. The van der Waals surface area contributed by atoms with Crippen LogP contribution in [0.15, 0.2) is 41.3 Å². The number of rotatable bonds is 8. The summed E-state index contributed by atoms with van der Waals surface area (Å²) < 4.78 is 60.9. The Kier molecular flexibility index (Phi) is 6.52. The van der Waals surface area contributed by atoms with Gasteiger partial charge in [-0.3, -0.25) is 10.1 Å². The molecular formula is C17H18F2N2O6S. The molecule has 152 valence electrons. The first kappa shape index (κ1) is 21.5. The van der Waals surface area contributed by atoms with Crippen molar-refractivity contribution in [1.82, 2.24) is 4.31 Å². The van der Waals surface area contributed by atoms with E-state index in [4.69, 9.17) is 4.74 Å². The Morgan fingerprint density at radius 3 is 2.46 bits per heavy atom. The van der Waals surface area contributed by atoms with Gasteiger partial charge in [-0.25, -0.2) is 8.42 Å². The van der Waals surface area contributed by atoms with Crippen molar-refractivity contribution >= 4 is 15.7 Å². The Balaban J connectivity index is 2.37. The number of nitrogens with zero attached hydrogens (tertiary/aromatic N) is 2. The van der Waals surface area contributed by atoms with E-state index in [1.807, 2.05) is 0 Å². The Morgan fingerprint density at radius 1 is 1.21 bits per heavy atom. The summed E-state index contributed by atoms with van der Waals surface area (Å²) in [5.41, 5.74) is 0.130. The largest absolute Gasteiger partial charge is 0.493 e. The van der Waals surface area contributed by atoms with E-state index >= 15 is 0 Å². The average molecular weight is 416 g/mol. The van der Waals surface area contributed by atoms with E-state index in [0.29, 0.717) is 5.56 Å². The lowest BCUT2D eigenvalue weighted by Gasteiger charge is -2.19. The monoisotopic (exact) mass is 416 g/mol. The van der Waals surface area contributed by atoms with E-state index in [1.54, 1.807) is 0 Å². The van der Waals surface area contributed by atoms with Crippen molar-refractivity contribution in [3.05, 3.63) is 57.6 Å². The first-order valence-corrected chi connectivity index (χ1v) is 9.34. The van der Waals surface area contributed by atoms with Crippen molar-refractivity contribution in [2.75, 3.05) is 14.2 Å². The Bertz CT molecular complexity index is 982. The van der Waals surface area contributed by atoms with Crippen LogP contribution in [-0.2, 0) is 16.6 Å². The zero-order chi connectivity index (χ0) is 21.1. The third kappa shape index (κ3) is 4.54. The Labute approximate surface area is 160 Å². The molecule has 0 saturated carbocycles. The van der Waals surface area contributed by atoms with Gasteiger partial charge in [0.1, 0.15) is 0 Å². The molecule has 0 N–H and O–H groups in total. The molecule has 0 atom stereocenters. The van der Waals surface area contributed by atoms with E-state index in [1.165, 1.54) is 51.4 Å². The molecule has 0 spiro atoms. The van der Waals surface area contributed by atoms with Crippen LogP contribution in [0.4, 0.5) is 14.5 Å². The highest BCUT2D eigenvalue weighted by atomic mass is 32.2. The summed E-state index contributed by atoms with van der Waals surface area (Å²) in [5, 5.41) is 11.2. The second-order valence-electron chi connectivity index (χ2n) is 5.81. The van der Waals surface area contributed by atoms with Crippen molar-refractivity contribution < 1.29 is 31.6 Å². The highest BCUT2D eigenvalue weighted by Crippen LogP contribution is 2.32. The molecule has 0 aromatic heterocycles. The number of hydrogen-bond acceptors (Lipinski definition) is 6. The van der Waals surface area contributed by atoms with E-state index in [0.717, 1.165) is 10.4 Å². The molecule has 0 saturated heterocycles. The first-order chi connectivity index (χ1) is 13.1. The predicted molar refractivity (Wildman–Crippen MR) is 96.1 cm³/mol. The zero-order valence-electron chi connectivity index (χ0n) is 15.3. The van der Waals surface area contributed by atoms with Crippen LogP contribution in [-0.4, -0.2) is 38.4 Å². The predicted octanol–water partition coefficient (Wildman–Crippen LogP) is 3.33. The molecule has 11 heteroatoms. The summed E-state index contributed by atoms with van der Waals surface area (Å²) in [7, 11) is -1.67. The fraction of sp³-hybridized carbons (Fsp3) is 0.294. The smallest absolute Gasteiger partial charge is 0.387 e. The van der Waals surface area contributed by atoms with Crippen LogP contribution in [0.3, 0.4) is 0 Å². The molecule has 0 unspecified atom stereocenters. The molecule has 0 heterocycles. The van der Waals surface area contributed by atoms with Crippen LogP contribution >= 0.6 is 0 Å². The minimum absolute atomic E-state index is 0.00506. The van der Waals surface area contributed by atoms with Gasteiger partial charge in [-0.15, -0.1) is 0 Å². The maximum absolute atomic E-state index is 12.9. The van der Waals surface area contributed by atoms with Crippen LogP contribution < -0.4 is 9.47 Å². The van der Waals surface area contributed by atoms with E-state index in [2.05, 4.69) is 4.74 Å². The van der Waals surface area contributed by atoms with Crippen LogP contribution in [0.25, 0.3) is 0 Å². The molecule has 28 heavy (non-hydrogen) atoms. The molecule has 0 fully saturated rings. The van der Waals surface area contributed by atoms with Gasteiger partial charge >= 0.3 is 6.61 Å². The Morgan fingerprint density at radius 2 is 1.89 bits per heavy atom. The summed E-state index contributed by atoms with van der Waals surface area (Å²) in [6.45, 7) is -1.74. The van der Waals surface area contributed by atoms with E-state index < -0.39 is 32.1 Å². The summed E-state index contributed by atoms with van der Waals surface area (Å²) in [6, 6.07) is 7.98. The molecule has 0 aliphatic carbocycles. The second-order valence-corrected chi connectivity index (χ2v) is 7.79. The van der Waals surface area contributed by atoms with Gasteiger partial charge < -0.3 is 9.47 Å². The number of methoxy groups -OCH3 is 1. The molecule has 2 rings (SSSR count). The number of alkyl halides is 2. The highest BCUT2D eigenvalue weighted by Gasteiger charge is 2.31. The van der Waals surface area contributed by atoms with Gasteiger partial charge in [-0.2, -0.15) is 13.1 Å². The van der Waals surface area contributed by atoms with Crippen LogP contribution in [0.2, 0.25) is 0 Å². The molecular weight excluding hydrogens is 398 g/mol. The second kappa shape index (κ2) is 8.48. The number of nitro groups is 1. The summed E-state index contributed by atoms with van der Waals surface area (Å²) in [4.78, 5) is 10.1. The summed E-state index contributed by atoms with van der Waals surface area (Å²) in [5.74, 6) is -0.188. The highest BCUT2D eigenvalue weighted by molar-refractivity contribution is 7.89. The SMILES string of the molecule is COc1cc(CN(C)S(=O)(=O)c2c(C)cccc2[N+](=O)[O-])ccc1OC(F)F. The van der Waals surface area contributed by atoms with Gasteiger partial charge in [-0.1, -0.05) is 18.2 Å². The number of aryl methyl sites for hydroxylation is 1. The average Bonchev–Trinajstić information content (AvgIpc) is 2.61. The number of sulfonamides is 1. The minimum Gasteiger partial charge on any atom is -0.493 e. The number of hydrogen-bond donors (Lipinski definition) is 0. The van der Waals surface area contributed by atoms with Gasteiger partial charge in [0, 0.05) is 19.7 Å². The number of nitro benzene ring substituents is 1. The van der Waals surface area contributed by atoms with Crippen molar-refractivity contribution in [3.63, 3.8) is 0 Å². The first-order valence-electron chi connectivity index (χ1n) is 7.90. The van der Waals surface area contributed by atoms with Gasteiger partial charge in [0.15, 0.2) is 16.4 Å². The topological polar surface area (TPSA) is 99.0 Å². The van der Waals surface area contributed by atoms with Crippen molar-refractivity contribution in [2.45, 2.75) is 25.0 Å². The fourth-order valence-corrected chi connectivity index (χ4v) is 4.13. The standard InChI is InChI=1S/C17H18F2N2O6S/c1-11-5-4-6-13(21(22)23)16(11)28(24,25)20(2)10-12-7-8-14(27-17(18)19)15(9-12)26-3/h4-9,17H,10H2,1-3H3. The molecule has 0 radical (unpaired) electrons. The fourth-order valence-electron chi connectivity index (χ4n) is 2.62. The molecule has 2 aromatic rings. The quantitative estimate of drug-likeness (QED) is 0.483. The molecule has 2 aromatic carbocycles. The zero-order valence-corrected chi connectivity index (χ0v) is 16.1. The van der Waals surface area contributed by atoms with Crippen LogP contribution in [0.5, 0.6) is 11.5 Å². The molecule has 0 aliphatic rings. The van der Waals surface area contributed by atoms with E-state index in [9.17, 15) is 27.3 Å². The van der Waals surface area contributed by atoms with Crippen LogP contribution in [0, 0.1) is 17.0 Å². The molecule has 8 nitrogen and oxygen atoms in total. The minimum atomic E-state index is -4.19. The van der Waals surface area contributed by atoms with Gasteiger partial charge in [0.25, 0.3) is 5.69 Å². The Hall–Kier alpha value is -2.79. The normalized spacial score (nSPS) is 11.7. The van der Waals surface area contributed by atoms with Gasteiger partial charge in [0.2, 0.25) is 10.0 Å². The van der Waals surface area contributed by atoms with Crippen LogP contribution in [0.1, 0.15) is 11.1 Å². The third-order valence-corrected chi connectivity index (χ3v) is 5.90. The lowest BCUT2D eigenvalue weighted by molar-refractivity contribution is -0.387. The van der Waals surface area contributed by atoms with Gasteiger partial charge in [-0.05, 0) is 30.2 Å². The number of ether oxygens (including phenoxy) is 2. The number of benzene rings is 2. The maximum Gasteiger partial charge on any atom is 0.387 e. The summed E-state index contributed by atoms with van der Waals surface area (Å²) in [6.07, 6.45) is 0.